The third kappa shape index (κ3) is 6.05. The Bertz CT molecular complexity index is 526. The predicted molar refractivity (Wildman–Crippen MR) is 84.1 cm³/mol. The standard InChI is InChI=1S/C14H20BrNO3S/c1-20(18,19)13-8-6-12(7-9-13)14(17)16-11-5-3-2-4-10-15/h6-9H,2-5,10-11H2,1H3,(H,16,17). The molecule has 0 fully saturated rings. The summed E-state index contributed by atoms with van der Waals surface area (Å²) in [6.07, 6.45) is 5.51. The molecule has 0 saturated heterocycles. The van der Waals surface area contributed by atoms with Gasteiger partial charge in [-0.2, -0.15) is 0 Å². The minimum absolute atomic E-state index is 0.162. The molecule has 1 amide bonds. The van der Waals surface area contributed by atoms with Crippen molar-refractivity contribution in [2.75, 3.05) is 18.1 Å². The van der Waals surface area contributed by atoms with Crippen LogP contribution in [0, 0.1) is 0 Å². The minimum atomic E-state index is -3.21. The summed E-state index contributed by atoms with van der Waals surface area (Å²) in [5.41, 5.74) is 0.484. The first-order valence-electron chi connectivity index (χ1n) is 6.59. The summed E-state index contributed by atoms with van der Waals surface area (Å²) in [5, 5.41) is 3.85. The number of alkyl halides is 1. The maximum Gasteiger partial charge on any atom is 0.251 e. The van der Waals surface area contributed by atoms with Crippen LogP contribution in [-0.2, 0) is 9.84 Å². The van der Waals surface area contributed by atoms with Gasteiger partial charge in [0.2, 0.25) is 0 Å². The molecule has 1 N–H and O–H groups in total. The van der Waals surface area contributed by atoms with Gasteiger partial charge in [0.25, 0.3) is 5.91 Å². The molecule has 0 aliphatic rings. The highest BCUT2D eigenvalue weighted by molar-refractivity contribution is 9.09. The van der Waals surface area contributed by atoms with Gasteiger partial charge in [0.15, 0.2) is 9.84 Å². The number of hydrogen-bond acceptors (Lipinski definition) is 3. The number of unbranched alkanes of at least 4 members (excludes halogenated alkanes) is 3. The van der Waals surface area contributed by atoms with Crippen molar-refractivity contribution in [3.8, 4) is 0 Å². The Hall–Kier alpha value is -0.880. The Labute approximate surface area is 129 Å². The SMILES string of the molecule is CS(=O)(=O)c1ccc(C(=O)NCCCCCCBr)cc1. The van der Waals surface area contributed by atoms with Crippen molar-refractivity contribution in [1.29, 1.82) is 0 Å². The first-order chi connectivity index (χ1) is 9.45. The lowest BCUT2D eigenvalue weighted by atomic mass is 10.2. The highest BCUT2D eigenvalue weighted by Crippen LogP contribution is 2.10. The van der Waals surface area contributed by atoms with Crippen LogP contribution in [0.3, 0.4) is 0 Å². The maximum atomic E-state index is 11.8. The molecule has 20 heavy (non-hydrogen) atoms. The fourth-order valence-corrected chi connectivity index (χ4v) is 2.76. The van der Waals surface area contributed by atoms with E-state index in [2.05, 4.69) is 21.2 Å². The van der Waals surface area contributed by atoms with Crippen LogP contribution < -0.4 is 5.32 Å². The Kier molecular flexibility index (Phi) is 7.23. The molecule has 0 saturated carbocycles. The molecule has 0 spiro atoms. The molecule has 0 aliphatic heterocycles. The molecular weight excluding hydrogens is 342 g/mol. The number of carbonyl (C=O) groups excluding carboxylic acids is 1. The molecule has 112 valence electrons. The van der Waals surface area contributed by atoms with Crippen LogP contribution in [0.1, 0.15) is 36.0 Å². The number of amides is 1. The largest absolute Gasteiger partial charge is 0.352 e. The molecule has 0 aromatic heterocycles. The highest BCUT2D eigenvalue weighted by Gasteiger charge is 2.09. The normalized spacial score (nSPS) is 11.3. The average Bonchev–Trinajstić information content (AvgIpc) is 2.41. The predicted octanol–water partition coefficient (Wildman–Crippen LogP) is 2.78. The topological polar surface area (TPSA) is 63.2 Å². The van der Waals surface area contributed by atoms with Gasteiger partial charge in [-0.1, -0.05) is 28.8 Å². The van der Waals surface area contributed by atoms with E-state index >= 15 is 0 Å². The van der Waals surface area contributed by atoms with Crippen LogP contribution in [0.2, 0.25) is 0 Å². The molecule has 0 bridgehead atoms. The third-order valence-corrected chi connectivity index (χ3v) is 4.58. The van der Waals surface area contributed by atoms with Gasteiger partial charge >= 0.3 is 0 Å². The number of sulfone groups is 1. The van der Waals surface area contributed by atoms with Gasteiger partial charge in [0, 0.05) is 23.7 Å². The molecule has 0 unspecified atom stereocenters. The highest BCUT2D eigenvalue weighted by atomic mass is 79.9. The summed E-state index contributed by atoms with van der Waals surface area (Å²) in [6, 6.07) is 5.99. The quantitative estimate of drug-likeness (QED) is 0.571. The molecular formula is C14H20BrNO3S. The van der Waals surface area contributed by atoms with Crippen LogP contribution >= 0.6 is 15.9 Å². The number of carbonyl (C=O) groups is 1. The summed E-state index contributed by atoms with van der Waals surface area (Å²) < 4.78 is 22.6. The van der Waals surface area contributed by atoms with E-state index in [4.69, 9.17) is 0 Å². The first kappa shape index (κ1) is 17.2. The smallest absolute Gasteiger partial charge is 0.251 e. The molecule has 0 aliphatic carbocycles. The Morgan fingerprint density at radius 2 is 1.70 bits per heavy atom. The van der Waals surface area contributed by atoms with E-state index in [0.29, 0.717) is 12.1 Å². The van der Waals surface area contributed by atoms with Gasteiger partial charge in [-0.15, -0.1) is 0 Å². The van der Waals surface area contributed by atoms with Crippen LogP contribution in [0.15, 0.2) is 29.2 Å². The average molecular weight is 362 g/mol. The van der Waals surface area contributed by atoms with Crippen molar-refractivity contribution in [3.05, 3.63) is 29.8 Å². The molecule has 1 aromatic rings. The monoisotopic (exact) mass is 361 g/mol. The summed E-state index contributed by atoms with van der Waals surface area (Å²) in [6.45, 7) is 0.648. The second-order valence-electron chi connectivity index (χ2n) is 4.66. The number of benzene rings is 1. The molecule has 0 heterocycles. The van der Waals surface area contributed by atoms with E-state index in [9.17, 15) is 13.2 Å². The lowest BCUT2D eigenvalue weighted by Gasteiger charge is -2.06. The van der Waals surface area contributed by atoms with Gasteiger partial charge in [-0.05, 0) is 37.1 Å². The maximum absolute atomic E-state index is 11.8. The van der Waals surface area contributed by atoms with Gasteiger partial charge < -0.3 is 5.32 Å². The fraction of sp³-hybridized carbons (Fsp3) is 0.500. The van der Waals surface area contributed by atoms with Crippen molar-refractivity contribution in [2.45, 2.75) is 30.6 Å². The van der Waals surface area contributed by atoms with Crippen molar-refractivity contribution in [3.63, 3.8) is 0 Å². The van der Waals surface area contributed by atoms with Crippen LogP contribution in [0.4, 0.5) is 0 Å². The van der Waals surface area contributed by atoms with E-state index in [1.165, 1.54) is 24.3 Å². The van der Waals surface area contributed by atoms with Crippen molar-refractivity contribution in [2.24, 2.45) is 0 Å². The summed E-state index contributed by atoms with van der Waals surface area (Å²) in [4.78, 5) is 12.1. The third-order valence-electron chi connectivity index (χ3n) is 2.89. The molecule has 0 radical (unpaired) electrons. The second-order valence-corrected chi connectivity index (χ2v) is 7.46. The zero-order chi connectivity index (χ0) is 15.0. The van der Waals surface area contributed by atoms with E-state index in [-0.39, 0.29) is 10.8 Å². The Morgan fingerprint density at radius 3 is 2.25 bits per heavy atom. The zero-order valence-corrected chi connectivity index (χ0v) is 14.0. The lowest BCUT2D eigenvalue weighted by molar-refractivity contribution is 0.0953. The number of halogens is 1. The van der Waals surface area contributed by atoms with E-state index in [0.717, 1.165) is 37.3 Å². The van der Waals surface area contributed by atoms with E-state index in [1.54, 1.807) is 0 Å². The minimum Gasteiger partial charge on any atom is -0.352 e. The molecule has 1 rings (SSSR count). The Morgan fingerprint density at radius 1 is 1.10 bits per heavy atom. The van der Waals surface area contributed by atoms with Crippen molar-refractivity contribution >= 4 is 31.7 Å². The van der Waals surface area contributed by atoms with Crippen molar-refractivity contribution < 1.29 is 13.2 Å². The van der Waals surface area contributed by atoms with Crippen molar-refractivity contribution in [1.82, 2.24) is 5.32 Å². The molecule has 1 aromatic carbocycles. The summed E-state index contributed by atoms with van der Waals surface area (Å²) in [5.74, 6) is -0.162. The summed E-state index contributed by atoms with van der Waals surface area (Å²) >= 11 is 3.38. The van der Waals surface area contributed by atoms with Gasteiger partial charge in [0.05, 0.1) is 4.90 Å². The molecule has 0 atom stereocenters. The molecule has 4 nitrogen and oxygen atoms in total. The lowest BCUT2D eigenvalue weighted by Crippen LogP contribution is -2.24. The van der Waals surface area contributed by atoms with Crippen LogP contribution in [0.5, 0.6) is 0 Å². The number of rotatable bonds is 8. The van der Waals surface area contributed by atoms with E-state index < -0.39 is 9.84 Å². The number of hydrogen-bond donors (Lipinski definition) is 1. The second kappa shape index (κ2) is 8.42. The number of nitrogens with one attached hydrogen (secondary N) is 1. The van der Waals surface area contributed by atoms with Gasteiger partial charge in [0.1, 0.15) is 0 Å². The van der Waals surface area contributed by atoms with Gasteiger partial charge in [-0.3, -0.25) is 4.79 Å². The fourth-order valence-electron chi connectivity index (χ4n) is 1.73. The first-order valence-corrected chi connectivity index (χ1v) is 9.60. The zero-order valence-electron chi connectivity index (χ0n) is 11.6. The Balaban J connectivity index is 2.40. The van der Waals surface area contributed by atoms with Crippen LogP contribution in [-0.4, -0.2) is 32.5 Å². The summed E-state index contributed by atoms with van der Waals surface area (Å²) in [7, 11) is -3.21. The van der Waals surface area contributed by atoms with E-state index in [1.807, 2.05) is 0 Å². The molecule has 6 heteroatoms. The van der Waals surface area contributed by atoms with Gasteiger partial charge in [-0.25, -0.2) is 8.42 Å². The van der Waals surface area contributed by atoms with Crippen LogP contribution in [0.25, 0.3) is 0 Å².